The van der Waals surface area contributed by atoms with Crippen molar-refractivity contribution in [2.24, 2.45) is 5.92 Å². The van der Waals surface area contributed by atoms with Crippen LogP contribution in [0.3, 0.4) is 0 Å². The molecule has 1 heterocycles. The maximum atomic E-state index is 5.84. The van der Waals surface area contributed by atoms with Crippen LogP contribution in [0.4, 0.5) is 0 Å². The molecular weight excluding hydrogens is 316 g/mol. The van der Waals surface area contributed by atoms with Gasteiger partial charge in [-0.3, -0.25) is 0 Å². The predicted octanol–water partition coefficient (Wildman–Crippen LogP) is 4.20. The lowest BCUT2D eigenvalue weighted by atomic mass is 10.1. The van der Waals surface area contributed by atoms with E-state index in [1.54, 1.807) is 0 Å². The zero-order valence-electron chi connectivity index (χ0n) is 12.2. The Kier molecular flexibility index (Phi) is 5.38. The van der Waals surface area contributed by atoms with E-state index in [-0.39, 0.29) is 0 Å². The van der Waals surface area contributed by atoms with Crippen LogP contribution in [0, 0.1) is 12.8 Å². The molecule has 1 aromatic carbocycles. The molecule has 0 fully saturated rings. The minimum absolute atomic E-state index is 0.666. The highest BCUT2D eigenvalue weighted by Crippen LogP contribution is 2.28. The maximum Gasteiger partial charge on any atom is 0.196 e. The Morgan fingerprint density at radius 2 is 2.15 bits per heavy atom. The topological polar surface area (TPSA) is 38.1 Å². The summed E-state index contributed by atoms with van der Waals surface area (Å²) in [6, 6.07) is 6.10. The number of nitrogens with zero attached hydrogens (tertiary/aromatic N) is 1. The van der Waals surface area contributed by atoms with E-state index >= 15 is 0 Å². The van der Waals surface area contributed by atoms with Crippen LogP contribution in [-0.2, 0) is 6.42 Å². The molecule has 108 valence electrons. The molecule has 0 unspecified atom stereocenters. The second kappa shape index (κ2) is 7.04. The van der Waals surface area contributed by atoms with Crippen LogP contribution >= 0.6 is 15.9 Å². The van der Waals surface area contributed by atoms with Gasteiger partial charge in [-0.1, -0.05) is 41.9 Å². The Bertz CT molecular complexity index is 563. The SMILES string of the molecule is Cc1c(Br)cccc1-c1cnc(CCNCC(C)C)o1. The first-order valence-corrected chi connectivity index (χ1v) is 7.78. The van der Waals surface area contributed by atoms with Crippen LogP contribution in [0.15, 0.2) is 33.3 Å². The van der Waals surface area contributed by atoms with E-state index in [1.807, 2.05) is 18.3 Å². The Labute approximate surface area is 128 Å². The molecule has 0 amide bonds. The molecule has 0 aliphatic rings. The van der Waals surface area contributed by atoms with Crippen LogP contribution in [0.2, 0.25) is 0 Å². The summed E-state index contributed by atoms with van der Waals surface area (Å²) in [6.07, 6.45) is 2.63. The summed E-state index contributed by atoms with van der Waals surface area (Å²) in [5, 5.41) is 3.40. The molecule has 0 atom stereocenters. The Morgan fingerprint density at radius 3 is 2.90 bits per heavy atom. The van der Waals surface area contributed by atoms with Crippen molar-refractivity contribution in [3.05, 3.63) is 40.3 Å². The van der Waals surface area contributed by atoms with Gasteiger partial charge in [0, 0.05) is 23.0 Å². The number of nitrogens with one attached hydrogen (secondary N) is 1. The molecule has 0 radical (unpaired) electrons. The standard InChI is InChI=1S/C16H21BrN2O/c1-11(2)9-18-8-7-16-19-10-15(20-16)13-5-4-6-14(17)12(13)3/h4-6,10-11,18H,7-9H2,1-3H3. The number of hydrogen-bond donors (Lipinski definition) is 1. The van der Waals surface area contributed by atoms with Gasteiger partial charge in [-0.05, 0) is 31.0 Å². The normalized spacial score (nSPS) is 11.2. The van der Waals surface area contributed by atoms with E-state index in [0.29, 0.717) is 5.92 Å². The smallest absolute Gasteiger partial charge is 0.196 e. The van der Waals surface area contributed by atoms with E-state index in [2.05, 4.69) is 53.1 Å². The molecule has 20 heavy (non-hydrogen) atoms. The van der Waals surface area contributed by atoms with Crippen molar-refractivity contribution in [3.63, 3.8) is 0 Å². The van der Waals surface area contributed by atoms with Crippen molar-refractivity contribution in [2.45, 2.75) is 27.2 Å². The average molecular weight is 337 g/mol. The number of halogens is 1. The highest BCUT2D eigenvalue weighted by atomic mass is 79.9. The molecule has 0 aliphatic heterocycles. The minimum Gasteiger partial charge on any atom is -0.441 e. The minimum atomic E-state index is 0.666. The van der Waals surface area contributed by atoms with E-state index in [0.717, 1.165) is 41.2 Å². The summed E-state index contributed by atoms with van der Waals surface area (Å²) in [5.41, 5.74) is 2.27. The fraction of sp³-hybridized carbons (Fsp3) is 0.438. The molecule has 0 spiro atoms. The summed E-state index contributed by atoms with van der Waals surface area (Å²) in [7, 11) is 0. The largest absolute Gasteiger partial charge is 0.441 e. The average Bonchev–Trinajstić information content (AvgIpc) is 2.86. The van der Waals surface area contributed by atoms with Gasteiger partial charge in [0.25, 0.3) is 0 Å². The summed E-state index contributed by atoms with van der Waals surface area (Å²) >= 11 is 3.54. The van der Waals surface area contributed by atoms with Crippen molar-refractivity contribution in [1.29, 1.82) is 0 Å². The van der Waals surface area contributed by atoms with E-state index in [1.165, 1.54) is 5.56 Å². The second-order valence-corrected chi connectivity index (χ2v) is 6.23. The molecule has 4 heteroatoms. The zero-order chi connectivity index (χ0) is 14.5. The van der Waals surface area contributed by atoms with Gasteiger partial charge >= 0.3 is 0 Å². The van der Waals surface area contributed by atoms with Gasteiger partial charge in [0.05, 0.1) is 6.20 Å². The summed E-state index contributed by atoms with van der Waals surface area (Å²) in [5.74, 6) is 2.29. The Morgan fingerprint density at radius 1 is 1.35 bits per heavy atom. The van der Waals surface area contributed by atoms with Gasteiger partial charge in [-0.15, -0.1) is 0 Å². The van der Waals surface area contributed by atoms with Gasteiger partial charge in [-0.25, -0.2) is 4.98 Å². The number of benzene rings is 1. The molecule has 3 nitrogen and oxygen atoms in total. The van der Waals surface area contributed by atoms with Crippen molar-refractivity contribution in [2.75, 3.05) is 13.1 Å². The first-order chi connectivity index (χ1) is 9.58. The summed E-state index contributed by atoms with van der Waals surface area (Å²) in [6.45, 7) is 8.40. The fourth-order valence-corrected chi connectivity index (χ4v) is 2.38. The van der Waals surface area contributed by atoms with Crippen LogP contribution in [0.5, 0.6) is 0 Å². The Balaban J connectivity index is 2.00. The van der Waals surface area contributed by atoms with Gasteiger partial charge in [0.15, 0.2) is 11.7 Å². The molecule has 0 aliphatic carbocycles. The lowest BCUT2D eigenvalue weighted by molar-refractivity contribution is 0.483. The van der Waals surface area contributed by atoms with Crippen LogP contribution in [0.25, 0.3) is 11.3 Å². The predicted molar refractivity (Wildman–Crippen MR) is 85.8 cm³/mol. The molecule has 1 aromatic heterocycles. The second-order valence-electron chi connectivity index (χ2n) is 5.38. The van der Waals surface area contributed by atoms with Gasteiger partial charge in [0.2, 0.25) is 0 Å². The monoisotopic (exact) mass is 336 g/mol. The first-order valence-electron chi connectivity index (χ1n) is 6.99. The number of oxazole rings is 1. The molecule has 1 N–H and O–H groups in total. The highest BCUT2D eigenvalue weighted by Gasteiger charge is 2.10. The van der Waals surface area contributed by atoms with Crippen molar-refractivity contribution in [1.82, 2.24) is 10.3 Å². The lowest BCUT2D eigenvalue weighted by Gasteiger charge is -2.05. The van der Waals surface area contributed by atoms with Crippen molar-refractivity contribution < 1.29 is 4.42 Å². The van der Waals surface area contributed by atoms with E-state index < -0.39 is 0 Å². The van der Waals surface area contributed by atoms with E-state index in [9.17, 15) is 0 Å². The fourth-order valence-electron chi connectivity index (χ4n) is 2.01. The molecule has 0 bridgehead atoms. The highest BCUT2D eigenvalue weighted by molar-refractivity contribution is 9.10. The van der Waals surface area contributed by atoms with E-state index in [4.69, 9.17) is 4.42 Å². The lowest BCUT2D eigenvalue weighted by Crippen LogP contribution is -2.22. The number of hydrogen-bond acceptors (Lipinski definition) is 3. The van der Waals surface area contributed by atoms with Crippen LogP contribution in [-0.4, -0.2) is 18.1 Å². The molecule has 2 aromatic rings. The van der Waals surface area contributed by atoms with Gasteiger partial charge < -0.3 is 9.73 Å². The number of rotatable bonds is 6. The van der Waals surface area contributed by atoms with Crippen LogP contribution in [0.1, 0.15) is 25.3 Å². The van der Waals surface area contributed by atoms with Gasteiger partial charge in [-0.2, -0.15) is 0 Å². The quantitative estimate of drug-likeness (QED) is 0.803. The molecule has 0 saturated carbocycles. The third-order valence-electron chi connectivity index (χ3n) is 3.15. The van der Waals surface area contributed by atoms with Crippen molar-refractivity contribution >= 4 is 15.9 Å². The maximum absolute atomic E-state index is 5.84. The Hall–Kier alpha value is -1.13. The van der Waals surface area contributed by atoms with Crippen molar-refractivity contribution in [3.8, 4) is 11.3 Å². The van der Waals surface area contributed by atoms with Crippen LogP contribution < -0.4 is 5.32 Å². The molecule has 2 rings (SSSR count). The zero-order valence-corrected chi connectivity index (χ0v) is 13.8. The molecular formula is C16H21BrN2O. The first kappa shape index (κ1) is 15.3. The third-order valence-corrected chi connectivity index (χ3v) is 4.01. The number of aromatic nitrogens is 1. The summed E-state index contributed by atoms with van der Waals surface area (Å²) in [4.78, 5) is 4.36. The molecule has 0 saturated heterocycles. The third kappa shape index (κ3) is 3.93. The van der Waals surface area contributed by atoms with Gasteiger partial charge in [0.1, 0.15) is 0 Å². The summed E-state index contributed by atoms with van der Waals surface area (Å²) < 4.78 is 6.93.